The summed E-state index contributed by atoms with van der Waals surface area (Å²) in [7, 11) is 0. The normalized spacial score (nSPS) is 16.4. The van der Waals surface area contributed by atoms with Gasteiger partial charge < -0.3 is 15.7 Å². The van der Waals surface area contributed by atoms with E-state index >= 15 is 0 Å². The van der Waals surface area contributed by atoms with Gasteiger partial charge >= 0.3 is 12.0 Å². The lowest BCUT2D eigenvalue weighted by Crippen LogP contribution is -2.42. The lowest BCUT2D eigenvalue weighted by molar-refractivity contribution is -0.139. The van der Waals surface area contributed by atoms with E-state index in [0.29, 0.717) is 23.0 Å². The van der Waals surface area contributed by atoms with Crippen LogP contribution in [0.3, 0.4) is 0 Å². The van der Waals surface area contributed by atoms with E-state index < -0.39 is 18.0 Å². The maximum atomic E-state index is 11.9. The Labute approximate surface area is 128 Å². The van der Waals surface area contributed by atoms with Crippen LogP contribution >= 0.6 is 11.6 Å². The Morgan fingerprint density at radius 1 is 1.29 bits per heavy atom. The van der Waals surface area contributed by atoms with Crippen LogP contribution < -0.4 is 10.6 Å². The van der Waals surface area contributed by atoms with Gasteiger partial charge in [0.2, 0.25) is 0 Å². The summed E-state index contributed by atoms with van der Waals surface area (Å²) in [5.41, 5.74) is 0.377. The summed E-state index contributed by atoms with van der Waals surface area (Å²) in [6, 6.07) is 4.97. The van der Waals surface area contributed by atoms with Crippen LogP contribution in [0.1, 0.15) is 37.3 Å². The molecule has 0 unspecified atom stereocenters. The molecular formula is C15H19ClN2O3. The van der Waals surface area contributed by atoms with E-state index in [2.05, 4.69) is 10.6 Å². The minimum Gasteiger partial charge on any atom is -0.479 e. The number of benzene rings is 1. The van der Waals surface area contributed by atoms with E-state index in [9.17, 15) is 14.7 Å². The van der Waals surface area contributed by atoms with E-state index in [0.717, 1.165) is 12.8 Å². The highest BCUT2D eigenvalue weighted by Crippen LogP contribution is 2.24. The molecule has 0 bridgehead atoms. The summed E-state index contributed by atoms with van der Waals surface area (Å²) in [6.45, 7) is 0.584. The minimum atomic E-state index is -1.15. The lowest BCUT2D eigenvalue weighted by atomic mass is 10.1. The summed E-state index contributed by atoms with van der Waals surface area (Å²) >= 11 is 5.99. The second-order valence-corrected chi connectivity index (χ2v) is 5.70. The van der Waals surface area contributed by atoms with E-state index in [1.807, 2.05) is 0 Å². The molecule has 0 heterocycles. The average molecular weight is 311 g/mol. The SMILES string of the molecule is O=C(NCC1CCCC1)N[C@@H](C(=O)O)c1ccccc1Cl. The zero-order valence-corrected chi connectivity index (χ0v) is 12.4. The molecule has 1 aliphatic rings. The molecule has 1 aromatic rings. The van der Waals surface area contributed by atoms with Gasteiger partial charge in [-0.15, -0.1) is 0 Å². The van der Waals surface area contributed by atoms with E-state index in [1.165, 1.54) is 12.8 Å². The van der Waals surface area contributed by atoms with Crippen molar-refractivity contribution in [2.75, 3.05) is 6.54 Å². The standard InChI is InChI=1S/C15H19ClN2O3/c16-12-8-4-3-7-11(12)13(14(19)20)18-15(21)17-9-10-5-1-2-6-10/h3-4,7-8,10,13H,1-2,5-6,9H2,(H,19,20)(H2,17,18,21)/t13-/m1/s1. The van der Waals surface area contributed by atoms with E-state index in [-0.39, 0.29) is 0 Å². The van der Waals surface area contributed by atoms with Gasteiger partial charge in [-0.25, -0.2) is 9.59 Å². The first-order valence-corrected chi connectivity index (χ1v) is 7.47. The Balaban J connectivity index is 1.94. The van der Waals surface area contributed by atoms with Crippen LogP contribution in [0.4, 0.5) is 4.79 Å². The molecule has 2 amide bonds. The van der Waals surface area contributed by atoms with Crippen molar-refractivity contribution in [2.45, 2.75) is 31.7 Å². The molecule has 6 heteroatoms. The molecular weight excluding hydrogens is 292 g/mol. The number of halogens is 1. The quantitative estimate of drug-likeness (QED) is 0.782. The highest BCUT2D eigenvalue weighted by Gasteiger charge is 2.24. The molecule has 21 heavy (non-hydrogen) atoms. The molecule has 0 saturated heterocycles. The summed E-state index contributed by atoms with van der Waals surface area (Å²) < 4.78 is 0. The van der Waals surface area contributed by atoms with Crippen molar-refractivity contribution in [3.63, 3.8) is 0 Å². The molecule has 1 aromatic carbocycles. The van der Waals surface area contributed by atoms with Crippen molar-refractivity contribution < 1.29 is 14.7 Å². The number of urea groups is 1. The predicted octanol–water partition coefficient (Wildman–Crippen LogP) is 2.96. The first-order chi connectivity index (χ1) is 10.1. The number of hydrogen-bond donors (Lipinski definition) is 3. The molecule has 1 saturated carbocycles. The Bertz CT molecular complexity index is 515. The van der Waals surface area contributed by atoms with Crippen LogP contribution in [-0.2, 0) is 4.79 Å². The van der Waals surface area contributed by atoms with Gasteiger partial charge in [-0.05, 0) is 24.8 Å². The molecule has 0 aliphatic heterocycles. The van der Waals surface area contributed by atoms with Crippen LogP contribution in [-0.4, -0.2) is 23.7 Å². The first kappa shape index (κ1) is 15.6. The summed E-state index contributed by atoms with van der Waals surface area (Å²) in [6.07, 6.45) is 4.64. The van der Waals surface area contributed by atoms with Gasteiger partial charge in [0.1, 0.15) is 0 Å². The van der Waals surface area contributed by atoms with Gasteiger partial charge in [0, 0.05) is 17.1 Å². The lowest BCUT2D eigenvalue weighted by Gasteiger charge is -2.17. The van der Waals surface area contributed by atoms with Gasteiger partial charge in [0.25, 0.3) is 0 Å². The van der Waals surface area contributed by atoms with Crippen molar-refractivity contribution in [1.29, 1.82) is 0 Å². The second kappa shape index (κ2) is 7.31. The van der Waals surface area contributed by atoms with Crippen molar-refractivity contribution >= 4 is 23.6 Å². The van der Waals surface area contributed by atoms with Crippen LogP contribution in [0.2, 0.25) is 5.02 Å². The Hall–Kier alpha value is -1.75. The fourth-order valence-electron chi connectivity index (χ4n) is 2.62. The summed E-state index contributed by atoms with van der Waals surface area (Å²) in [5.74, 6) is -0.640. The zero-order chi connectivity index (χ0) is 15.2. The maximum Gasteiger partial charge on any atom is 0.331 e. The summed E-state index contributed by atoms with van der Waals surface area (Å²) in [4.78, 5) is 23.2. The van der Waals surface area contributed by atoms with Crippen molar-refractivity contribution in [3.8, 4) is 0 Å². The molecule has 3 N–H and O–H groups in total. The van der Waals surface area contributed by atoms with Gasteiger partial charge in [-0.3, -0.25) is 0 Å². The van der Waals surface area contributed by atoms with Crippen LogP contribution in [0.25, 0.3) is 0 Å². The largest absolute Gasteiger partial charge is 0.479 e. The van der Waals surface area contributed by atoms with E-state index in [1.54, 1.807) is 24.3 Å². The third-order valence-electron chi connectivity index (χ3n) is 3.76. The molecule has 0 aromatic heterocycles. The summed E-state index contributed by atoms with van der Waals surface area (Å²) in [5, 5.41) is 14.8. The Morgan fingerprint density at radius 3 is 2.57 bits per heavy atom. The highest BCUT2D eigenvalue weighted by molar-refractivity contribution is 6.31. The number of carboxylic acid groups (broad SMARTS) is 1. The smallest absolute Gasteiger partial charge is 0.331 e. The molecule has 2 rings (SSSR count). The molecule has 0 radical (unpaired) electrons. The second-order valence-electron chi connectivity index (χ2n) is 5.30. The number of nitrogens with one attached hydrogen (secondary N) is 2. The molecule has 114 valence electrons. The topological polar surface area (TPSA) is 78.4 Å². The molecule has 1 aliphatic carbocycles. The molecule has 1 atom stereocenters. The fraction of sp³-hybridized carbons (Fsp3) is 0.467. The third kappa shape index (κ3) is 4.36. The number of carboxylic acids is 1. The van der Waals surface area contributed by atoms with Crippen LogP contribution in [0.5, 0.6) is 0 Å². The van der Waals surface area contributed by atoms with Gasteiger partial charge in [-0.2, -0.15) is 0 Å². The highest BCUT2D eigenvalue weighted by atomic mass is 35.5. The number of carbonyl (C=O) groups excluding carboxylic acids is 1. The van der Waals surface area contributed by atoms with Crippen LogP contribution in [0, 0.1) is 5.92 Å². The number of hydrogen-bond acceptors (Lipinski definition) is 2. The molecule has 5 nitrogen and oxygen atoms in total. The van der Waals surface area contributed by atoms with Gasteiger partial charge in [0.15, 0.2) is 6.04 Å². The third-order valence-corrected chi connectivity index (χ3v) is 4.11. The Morgan fingerprint density at radius 2 is 1.95 bits per heavy atom. The number of rotatable bonds is 5. The monoisotopic (exact) mass is 310 g/mol. The van der Waals surface area contributed by atoms with Gasteiger partial charge in [-0.1, -0.05) is 42.6 Å². The number of aliphatic carboxylic acids is 1. The van der Waals surface area contributed by atoms with E-state index in [4.69, 9.17) is 11.6 Å². The maximum absolute atomic E-state index is 11.9. The number of amides is 2. The van der Waals surface area contributed by atoms with Crippen LogP contribution in [0.15, 0.2) is 24.3 Å². The zero-order valence-electron chi connectivity index (χ0n) is 11.6. The van der Waals surface area contributed by atoms with Gasteiger partial charge in [0.05, 0.1) is 0 Å². The average Bonchev–Trinajstić information content (AvgIpc) is 2.96. The van der Waals surface area contributed by atoms with Crippen molar-refractivity contribution in [1.82, 2.24) is 10.6 Å². The molecule has 1 fully saturated rings. The predicted molar refractivity (Wildman–Crippen MR) is 80.3 cm³/mol. The Kier molecular flexibility index (Phi) is 5.44. The van der Waals surface area contributed by atoms with Crippen molar-refractivity contribution in [2.24, 2.45) is 5.92 Å². The van der Waals surface area contributed by atoms with Crippen molar-refractivity contribution in [3.05, 3.63) is 34.9 Å². The first-order valence-electron chi connectivity index (χ1n) is 7.09. The fourth-order valence-corrected chi connectivity index (χ4v) is 2.86. The molecule has 0 spiro atoms. The minimum absolute atomic E-state index is 0.320. The number of carbonyl (C=O) groups is 2.